The van der Waals surface area contributed by atoms with Gasteiger partial charge < -0.3 is 10.1 Å². The zero-order chi connectivity index (χ0) is 19.4. The molecule has 0 aliphatic carbocycles. The Balaban J connectivity index is 2.01. The van der Waals surface area contributed by atoms with E-state index in [4.69, 9.17) is 4.74 Å². The van der Waals surface area contributed by atoms with Gasteiger partial charge in [0, 0.05) is 5.69 Å². The molecule has 0 saturated heterocycles. The largest absolute Gasteiger partial charge is 0.478 e. The van der Waals surface area contributed by atoms with Crippen molar-refractivity contribution >= 4 is 11.6 Å². The summed E-state index contributed by atoms with van der Waals surface area (Å²) in [7, 11) is 0. The quantitative estimate of drug-likeness (QED) is 0.748. The van der Waals surface area contributed by atoms with Gasteiger partial charge in [0.25, 0.3) is 5.91 Å². The van der Waals surface area contributed by atoms with Gasteiger partial charge in [0.2, 0.25) is 11.3 Å². The number of hydrogen-bond acceptors (Lipinski definition) is 4. The van der Waals surface area contributed by atoms with Crippen LogP contribution in [0.5, 0.6) is 5.88 Å². The van der Waals surface area contributed by atoms with Crippen molar-refractivity contribution in [3.8, 4) is 11.6 Å². The number of amides is 1. The van der Waals surface area contributed by atoms with E-state index in [0.29, 0.717) is 11.4 Å². The van der Waals surface area contributed by atoms with Crippen molar-refractivity contribution in [2.45, 2.75) is 6.92 Å². The summed E-state index contributed by atoms with van der Waals surface area (Å²) in [5.74, 6) is -1.53. The normalized spacial score (nSPS) is 10.5. The van der Waals surface area contributed by atoms with E-state index < -0.39 is 23.0 Å². The van der Waals surface area contributed by atoms with Gasteiger partial charge >= 0.3 is 0 Å². The SMILES string of the molecule is CCOc1cc(=O)c(C(=O)Nc2ccc(F)cc2)nn1-c1ccc(F)cc1. The van der Waals surface area contributed by atoms with E-state index in [-0.39, 0.29) is 18.2 Å². The Hall–Kier alpha value is -3.55. The van der Waals surface area contributed by atoms with Crippen LogP contribution in [0.2, 0.25) is 0 Å². The average Bonchev–Trinajstić information content (AvgIpc) is 2.65. The van der Waals surface area contributed by atoms with Crippen LogP contribution in [0.4, 0.5) is 14.5 Å². The maximum Gasteiger partial charge on any atom is 0.280 e. The Labute approximate surface area is 153 Å². The van der Waals surface area contributed by atoms with Crippen LogP contribution in [0, 0.1) is 11.6 Å². The molecular weight excluding hydrogens is 356 g/mol. The molecule has 0 fully saturated rings. The molecule has 27 heavy (non-hydrogen) atoms. The van der Waals surface area contributed by atoms with Crippen molar-refractivity contribution < 1.29 is 18.3 Å². The molecule has 3 rings (SSSR count). The summed E-state index contributed by atoms with van der Waals surface area (Å²) in [6.07, 6.45) is 0. The van der Waals surface area contributed by atoms with Crippen LogP contribution in [0.3, 0.4) is 0 Å². The maximum absolute atomic E-state index is 13.2. The predicted octanol–water partition coefficient (Wildman–Crippen LogP) is 3.16. The summed E-state index contributed by atoms with van der Waals surface area (Å²) in [5, 5.41) is 6.56. The number of aromatic nitrogens is 2. The molecule has 0 saturated carbocycles. The van der Waals surface area contributed by atoms with E-state index >= 15 is 0 Å². The van der Waals surface area contributed by atoms with Gasteiger partial charge in [-0.1, -0.05) is 0 Å². The van der Waals surface area contributed by atoms with Gasteiger partial charge in [-0.15, -0.1) is 0 Å². The van der Waals surface area contributed by atoms with Crippen molar-refractivity contribution in [1.82, 2.24) is 9.78 Å². The van der Waals surface area contributed by atoms with Crippen LogP contribution in [0.15, 0.2) is 59.4 Å². The molecule has 0 spiro atoms. The molecule has 0 radical (unpaired) electrons. The highest BCUT2D eigenvalue weighted by Gasteiger charge is 2.17. The fraction of sp³-hybridized carbons (Fsp3) is 0.105. The molecule has 0 aliphatic rings. The third kappa shape index (κ3) is 4.17. The minimum atomic E-state index is -0.759. The summed E-state index contributed by atoms with van der Waals surface area (Å²) in [6, 6.07) is 11.6. The smallest absolute Gasteiger partial charge is 0.280 e. The van der Waals surface area contributed by atoms with Crippen LogP contribution < -0.4 is 15.5 Å². The number of halogens is 2. The van der Waals surface area contributed by atoms with Crippen molar-refractivity contribution in [2.24, 2.45) is 0 Å². The topological polar surface area (TPSA) is 73.2 Å². The van der Waals surface area contributed by atoms with Gasteiger partial charge in [-0.25, -0.2) is 13.5 Å². The molecular formula is C19H15F2N3O3. The van der Waals surface area contributed by atoms with Crippen LogP contribution >= 0.6 is 0 Å². The molecule has 0 atom stereocenters. The van der Waals surface area contributed by atoms with Crippen molar-refractivity contribution in [1.29, 1.82) is 0 Å². The predicted molar refractivity (Wildman–Crippen MR) is 95.3 cm³/mol. The van der Waals surface area contributed by atoms with E-state index in [0.717, 1.165) is 6.07 Å². The Morgan fingerprint density at radius 3 is 2.26 bits per heavy atom. The number of ether oxygens (including phenoxy) is 1. The molecule has 8 heteroatoms. The van der Waals surface area contributed by atoms with Crippen LogP contribution in [-0.2, 0) is 0 Å². The number of nitrogens with zero attached hydrogens (tertiary/aromatic N) is 2. The van der Waals surface area contributed by atoms with E-state index in [1.165, 1.54) is 53.2 Å². The zero-order valence-electron chi connectivity index (χ0n) is 14.3. The molecule has 0 aliphatic heterocycles. The summed E-state index contributed by atoms with van der Waals surface area (Å²) in [4.78, 5) is 24.7. The Morgan fingerprint density at radius 1 is 1.07 bits per heavy atom. The third-order valence-electron chi connectivity index (χ3n) is 3.58. The Bertz CT molecular complexity index is 1020. The zero-order valence-corrected chi connectivity index (χ0v) is 14.3. The third-order valence-corrected chi connectivity index (χ3v) is 3.58. The first-order valence-electron chi connectivity index (χ1n) is 8.08. The molecule has 6 nitrogen and oxygen atoms in total. The first kappa shape index (κ1) is 18.2. The fourth-order valence-corrected chi connectivity index (χ4v) is 2.34. The van der Waals surface area contributed by atoms with E-state index in [1.807, 2.05) is 0 Å². The summed E-state index contributed by atoms with van der Waals surface area (Å²) in [5.41, 5.74) is -0.302. The first-order valence-corrected chi connectivity index (χ1v) is 8.08. The summed E-state index contributed by atoms with van der Waals surface area (Å²) >= 11 is 0. The van der Waals surface area contributed by atoms with Crippen LogP contribution in [0.1, 0.15) is 17.4 Å². The van der Waals surface area contributed by atoms with Crippen LogP contribution in [0.25, 0.3) is 5.69 Å². The lowest BCUT2D eigenvalue weighted by Crippen LogP contribution is -2.26. The molecule has 3 aromatic rings. The second-order valence-electron chi connectivity index (χ2n) is 5.48. The van der Waals surface area contributed by atoms with Crippen molar-refractivity contribution in [3.63, 3.8) is 0 Å². The lowest BCUT2D eigenvalue weighted by molar-refractivity contribution is 0.101. The van der Waals surface area contributed by atoms with Gasteiger partial charge in [0.1, 0.15) is 11.6 Å². The number of carbonyl (C=O) groups is 1. The van der Waals surface area contributed by atoms with Crippen molar-refractivity contribution in [2.75, 3.05) is 11.9 Å². The second kappa shape index (κ2) is 7.77. The molecule has 138 valence electrons. The number of nitrogens with one attached hydrogen (secondary N) is 1. The number of hydrogen-bond donors (Lipinski definition) is 1. The highest BCUT2D eigenvalue weighted by atomic mass is 19.1. The number of benzene rings is 2. The van der Waals surface area contributed by atoms with E-state index in [9.17, 15) is 18.4 Å². The molecule has 0 unspecified atom stereocenters. The van der Waals surface area contributed by atoms with E-state index in [2.05, 4.69) is 10.4 Å². The highest BCUT2D eigenvalue weighted by Crippen LogP contribution is 2.16. The maximum atomic E-state index is 13.2. The standard InChI is InChI=1S/C19H15F2N3O3/c1-2-27-17-11-16(25)18(19(26)22-14-7-3-12(20)4-8-14)23-24(17)15-9-5-13(21)6-10-15/h3-11H,2H2,1H3,(H,22,26). The summed E-state index contributed by atoms with van der Waals surface area (Å²) < 4.78 is 32.8. The second-order valence-corrected chi connectivity index (χ2v) is 5.48. The number of rotatable bonds is 5. The van der Waals surface area contributed by atoms with E-state index in [1.54, 1.807) is 6.92 Å². The van der Waals surface area contributed by atoms with Crippen molar-refractivity contribution in [3.05, 3.63) is 82.1 Å². The molecule has 1 aromatic heterocycles. The molecule has 2 aromatic carbocycles. The monoisotopic (exact) mass is 371 g/mol. The lowest BCUT2D eigenvalue weighted by Gasteiger charge is -2.13. The molecule has 1 heterocycles. The first-order chi connectivity index (χ1) is 13.0. The fourth-order valence-electron chi connectivity index (χ4n) is 2.34. The van der Waals surface area contributed by atoms with Gasteiger partial charge in [-0.05, 0) is 55.5 Å². The number of anilines is 1. The minimum Gasteiger partial charge on any atom is -0.478 e. The lowest BCUT2D eigenvalue weighted by atomic mass is 10.2. The Kier molecular flexibility index (Phi) is 5.25. The molecule has 1 N–H and O–H groups in total. The number of carbonyl (C=O) groups excluding carboxylic acids is 1. The van der Waals surface area contributed by atoms with Gasteiger partial charge in [0.15, 0.2) is 5.69 Å². The highest BCUT2D eigenvalue weighted by molar-refractivity contribution is 6.02. The van der Waals surface area contributed by atoms with Gasteiger partial charge in [-0.3, -0.25) is 9.59 Å². The van der Waals surface area contributed by atoms with Crippen LogP contribution in [-0.4, -0.2) is 22.3 Å². The minimum absolute atomic E-state index is 0.118. The molecule has 0 bridgehead atoms. The Morgan fingerprint density at radius 2 is 1.67 bits per heavy atom. The van der Waals surface area contributed by atoms with Gasteiger partial charge in [-0.2, -0.15) is 5.10 Å². The molecule has 1 amide bonds. The average molecular weight is 371 g/mol. The van der Waals surface area contributed by atoms with Gasteiger partial charge in [0.05, 0.1) is 18.4 Å². The summed E-state index contributed by atoms with van der Waals surface area (Å²) in [6.45, 7) is 2.00.